The van der Waals surface area contributed by atoms with Gasteiger partial charge in [0.05, 0.1) is 7.11 Å². The third kappa shape index (κ3) is 3.17. The lowest BCUT2D eigenvalue weighted by Gasteiger charge is -2.37. The van der Waals surface area contributed by atoms with Crippen LogP contribution in [-0.4, -0.2) is 59.0 Å². The second-order valence-corrected chi connectivity index (χ2v) is 7.87. The van der Waals surface area contributed by atoms with Gasteiger partial charge in [0.1, 0.15) is 17.9 Å². The maximum Gasteiger partial charge on any atom is 0.254 e. The van der Waals surface area contributed by atoms with Gasteiger partial charge in [-0.2, -0.15) is 0 Å². The number of aromatic nitrogens is 3. The highest BCUT2D eigenvalue weighted by Gasteiger charge is 2.51. The number of aryl methyl sites for hydroxylation is 2. The lowest BCUT2D eigenvalue weighted by Crippen LogP contribution is -2.38. The lowest BCUT2D eigenvalue weighted by molar-refractivity contribution is 0.0107. The molecule has 28 heavy (non-hydrogen) atoms. The number of likely N-dealkylation sites (tertiary alicyclic amines) is 1. The molecule has 150 valence electrons. The molecular formula is C21H28N4O3. The number of amides is 1. The van der Waals surface area contributed by atoms with Gasteiger partial charge in [0, 0.05) is 49.7 Å². The first-order valence-electron chi connectivity index (χ1n) is 9.97. The van der Waals surface area contributed by atoms with Crippen LogP contribution in [0.25, 0.3) is 0 Å². The van der Waals surface area contributed by atoms with Crippen LogP contribution in [0.5, 0.6) is 5.75 Å². The minimum atomic E-state index is 0.00817. The standard InChI is InChI=1S/C21H28N4O3/c1-4-24-14-22-23-19(24)18-12-25(13-21(18)7-9-28-10-8-21)20(26)17-6-5-16(27-3)11-15(17)2/h5-6,11,14,18H,4,7-10,12-13H2,1-3H3. The molecule has 1 atom stereocenters. The van der Waals surface area contributed by atoms with Gasteiger partial charge < -0.3 is 18.9 Å². The number of carbonyl (C=O) groups is 1. The molecule has 7 heteroatoms. The van der Waals surface area contributed by atoms with E-state index in [-0.39, 0.29) is 17.2 Å². The molecule has 3 heterocycles. The van der Waals surface area contributed by atoms with Crippen LogP contribution in [0.3, 0.4) is 0 Å². The molecule has 4 rings (SSSR count). The first-order chi connectivity index (χ1) is 13.6. The maximum absolute atomic E-state index is 13.4. The van der Waals surface area contributed by atoms with Crippen molar-refractivity contribution in [3.63, 3.8) is 0 Å². The second-order valence-electron chi connectivity index (χ2n) is 7.87. The average molecular weight is 384 g/mol. The zero-order valence-electron chi connectivity index (χ0n) is 16.9. The van der Waals surface area contributed by atoms with Gasteiger partial charge >= 0.3 is 0 Å². The Labute approximate surface area is 165 Å². The van der Waals surface area contributed by atoms with Crippen molar-refractivity contribution < 1.29 is 14.3 Å². The van der Waals surface area contributed by atoms with Gasteiger partial charge in [-0.1, -0.05) is 0 Å². The van der Waals surface area contributed by atoms with E-state index in [1.807, 2.05) is 30.0 Å². The first-order valence-corrected chi connectivity index (χ1v) is 9.97. The fraction of sp³-hybridized carbons (Fsp3) is 0.571. The Morgan fingerprint density at radius 1 is 1.36 bits per heavy atom. The fourth-order valence-electron chi connectivity index (χ4n) is 4.71. The molecule has 1 unspecified atom stereocenters. The Morgan fingerprint density at radius 3 is 2.82 bits per heavy atom. The lowest BCUT2D eigenvalue weighted by atomic mass is 9.71. The summed E-state index contributed by atoms with van der Waals surface area (Å²) in [6.45, 7) is 7.77. The van der Waals surface area contributed by atoms with Crippen LogP contribution in [0.4, 0.5) is 0 Å². The molecule has 2 aliphatic heterocycles. The summed E-state index contributed by atoms with van der Waals surface area (Å²) in [6, 6.07) is 5.64. The average Bonchev–Trinajstić information content (AvgIpc) is 3.32. The fourth-order valence-corrected chi connectivity index (χ4v) is 4.71. The van der Waals surface area contributed by atoms with E-state index in [0.717, 1.165) is 61.8 Å². The molecule has 0 radical (unpaired) electrons. The Hall–Kier alpha value is -2.41. The zero-order chi connectivity index (χ0) is 19.7. The van der Waals surface area contributed by atoms with Crippen molar-refractivity contribution in [3.8, 4) is 5.75 Å². The van der Waals surface area contributed by atoms with E-state index < -0.39 is 0 Å². The third-order valence-corrected chi connectivity index (χ3v) is 6.39. The Bertz CT molecular complexity index is 857. The summed E-state index contributed by atoms with van der Waals surface area (Å²) in [6.07, 6.45) is 3.68. The van der Waals surface area contributed by atoms with Crippen LogP contribution in [0, 0.1) is 12.3 Å². The third-order valence-electron chi connectivity index (χ3n) is 6.39. The molecule has 1 aromatic carbocycles. The van der Waals surface area contributed by atoms with Crippen LogP contribution in [0.1, 0.15) is 47.4 Å². The summed E-state index contributed by atoms with van der Waals surface area (Å²) in [5.74, 6) is 2.02. The van der Waals surface area contributed by atoms with E-state index in [2.05, 4.69) is 21.7 Å². The van der Waals surface area contributed by atoms with Gasteiger partial charge in [-0.15, -0.1) is 10.2 Å². The van der Waals surface area contributed by atoms with Crippen molar-refractivity contribution in [2.24, 2.45) is 5.41 Å². The number of hydrogen-bond acceptors (Lipinski definition) is 5. The number of ether oxygens (including phenoxy) is 2. The van der Waals surface area contributed by atoms with Crippen LogP contribution in [0.2, 0.25) is 0 Å². The second kappa shape index (κ2) is 7.54. The molecule has 2 fully saturated rings. The highest BCUT2D eigenvalue weighted by Crippen LogP contribution is 2.49. The molecule has 2 saturated heterocycles. The van der Waals surface area contributed by atoms with E-state index in [4.69, 9.17) is 9.47 Å². The summed E-state index contributed by atoms with van der Waals surface area (Å²) in [5.41, 5.74) is 1.68. The Morgan fingerprint density at radius 2 is 2.14 bits per heavy atom. The zero-order valence-corrected chi connectivity index (χ0v) is 16.9. The van der Waals surface area contributed by atoms with Crippen LogP contribution >= 0.6 is 0 Å². The van der Waals surface area contributed by atoms with Crippen molar-refractivity contribution in [2.45, 2.75) is 39.2 Å². The van der Waals surface area contributed by atoms with Crippen molar-refractivity contribution in [2.75, 3.05) is 33.4 Å². The first kappa shape index (κ1) is 18.9. The molecular weight excluding hydrogens is 356 g/mol. The molecule has 0 bridgehead atoms. The topological polar surface area (TPSA) is 69.5 Å². The van der Waals surface area contributed by atoms with E-state index in [1.54, 1.807) is 13.4 Å². The minimum absolute atomic E-state index is 0.00817. The van der Waals surface area contributed by atoms with E-state index in [1.165, 1.54) is 0 Å². The van der Waals surface area contributed by atoms with Crippen molar-refractivity contribution in [3.05, 3.63) is 41.5 Å². The van der Waals surface area contributed by atoms with E-state index >= 15 is 0 Å². The number of rotatable bonds is 4. The van der Waals surface area contributed by atoms with Gasteiger partial charge in [0.25, 0.3) is 5.91 Å². The molecule has 1 spiro atoms. The predicted octanol–water partition coefficient (Wildman–Crippen LogP) is 2.65. The van der Waals surface area contributed by atoms with Crippen molar-refractivity contribution in [1.82, 2.24) is 19.7 Å². The van der Waals surface area contributed by atoms with Gasteiger partial charge in [-0.3, -0.25) is 4.79 Å². The molecule has 2 aromatic rings. The van der Waals surface area contributed by atoms with Crippen molar-refractivity contribution in [1.29, 1.82) is 0 Å². The molecule has 7 nitrogen and oxygen atoms in total. The number of methoxy groups -OCH3 is 1. The van der Waals surface area contributed by atoms with Crippen LogP contribution in [0.15, 0.2) is 24.5 Å². The van der Waals surface area contributed by atoms with Crippen molar-refractivity contribution >= 4 is 5.91 Å². The molecule has 2 aliphatic rings. The summed E-state index contributed by atoms with van der Waals surface area (Å²) in [7, 11) is 1.64. The molecule has 0 N–H and O–H groups in total. The molecule has 1 aromatic heterocycles. The summed E-state index contributed by atoms with van der Waals surface area (Å²) in [5, 5.41) is 8.58. The van der Waals surface area contributed by atoms with Gasteiger partial charge in [0.15, 0.2) is 0 Å². The highest BCUT2D eigenvalue weighted by atomic mass is 16.5. The normalized spacial score (nSPS) is 21.2. The number of carbonyl (C=O) groups excluding carboxylic acids is 1. The maximum atomic E-state index is 13.4. The Balaban J connectivity index is 1.65. The molecule has 0 aliphatic carbocycles. The van der Waals surface area contributed by atoms with E-state index in [9.17, 15) is 4.79 Å². The quantitative estimate of drug-likeness (QED) is 0.811. The highest BCUT2D eigenvalue weighted by molar-refractivity contribution is 5.96. The van der Waals surface area contributed by atoms with E-state index in [0.29, 0.717) is 6.54 Å². The van der Waals surface area contributed by atoms with Crippen LogP contribution in [-0.2, 0) is 11.3 Å². The largest absolute Gasteiger partial charge is 0.497 e. The SMILES string of the molecule is CCn1cnnc1C1CN(C(=O)c2ccc(OC)cc2C)CC12CCOCC2. The number of nitrogens with zero attached hydrogens (tertiary/aromatic N) is 4. The number of hydrogen-bond donors (Lipinski definition) is 0. The van der Waals surface area contributed by atoms with Gasteiger partial charge in [-0.25, -0.2) is 0 Å². The number of benzene rings is 1. The molecule has 1 amide bonds. The van der Waals surface area contributed by atoms with Crippen LogP contribution < -0.4 is 4.74 Å². The van der Waals surface area contributed by atoms with Gasteiger partial charge in [-0.05, 0) is 50.5 Å². The molecule has 0 saturated carbocycles. The summed E-state index contributed by atoms with van der Waals surface area (Å²) >= 11 is 0. The van der Waals surface area contributed by atoms with Gasteiger partial charge in [0.2, 0.25) is 0 Å². The summed E-state index contributed by atoms with van der Waals surface area (Å²) < 4.78 is 13.0. The monoisotopic (exact) mass is 384 g/mol. The predicted molar refractivity (Wildman–Crippen MR) is 105 cm³/mol. The Kier molecular flexibility index (Phi) is 5.10. The smallest absolute Gasteiger partial charge is 0.254 e. The summed E-state index contributed by atoms with van der Waals surface area (Å²) in [4.78, 5) is 15.4. The minimum Gasteiger partial charge on any atom is -0.497 e.